The van der Waals surface area contributed by atoms with Gasteiger partial charge in [-0.15, -0.1) is 0 Å². The van der Waals surface area contributed by atoms with Crippen LogP contribution in [0, 0.1) is 5.92 Å². The molecule has 1 unspecified atom stereocenters. The number of alkyl halides is 3. The zero-order chi connectivity index (χ0) is 27.5. The molecule has 4 aromatic rings. The number of hydrogen-bond acceptors (Lipinski definition) is 5. The molecular weight excluding hydrogens is 511 g/mol. The third-order valence-electron chi connectivity index (χ3n) is 7.89. The Morgan fingerprint density at radius 2 is 1.80 bits per heavy atom. The number of hydrogen-bond donors (Lipinski definition) is 1. The van der Waals surface area contributed by atoms with Gasteiger partial charge in [-0.3, -0.25) is 4.98 Å². The maximum Gasteiger partial charge on any atom is 0.418 e. The van der Waals surface area contributed by atoms with Gasteiger partial charge in [-0.2, -0.15) is 13.2 Å². The Balaban J connectivity index is 1.36. The highest BCUT2D eigenvalue weighted by Crippen LogP contribution is 2.38. The largest absolute Gasteiger partial charge is 0.418 e. The average molecular weight is 544 g/mol. The van der Waals surface area contributed by atoms with E-state index in [2.05, 4.69) is 33.4 Å². The van der Waals surface area contributed by atoms with Crippen LogP contribution < -0.4 is 5.32 Å². The van der Waals surface area contributed by atoms with Gasteiger partial charge in [-0.1, -0.05) is 42.5 Å². The fraction of sp³-hybridized carbons (Fsp3) is 0.344. The highest BCUT2D eigenvalue weighted by Gasteiger charge is 2.34. The summed E-state index contributed by atoms with van der Waals surface area (Å²) in [6.45, 7) is 2.21. The molecule has 206 valence electrons. The summed E-state index contributed by atoms with van der Waals surface area (Å²) in [5, 5.41) is 4.26. The van der Waals surface area contributed by atoms with Crippen LogP contribution in [0.3, 0.4) is 0 Å². The molecule has 2 aromatic carbocycles. The Labute approximate surface area is 232 Å². The number of piperidine rings is 1. The number of likely N-dealkylation sites (tertiary alicyclic amines) is 1. The Morgan fingerprint density at radius 3 is 2.65 bits per heavy atom. The fourth-order valence-corrected chi connectivity index (χ4v) is 5.97. The normalized spacial score (nSPS) is 17.4. The highest BCUT2D eigenvalue weighted by atomic mass is 19.4. The molecule has 6 rings (SSSR count). The van der Waals surface area contributed by atoms with Gasteiger partial charge in [0.15, 0.2) is 5.82 Å². The van der Waals surface area contributed by atoms with Gasteiger partial charge in [-0.25, -0.2) is 9.97 Å². The van der Waals surface area contributed by atoms with Gasteiger partial charge >= 0.3 is 6.18 Å². The minimum Gasteiger partial charge on any atom is -0.369 e. The highest BCUT2D eigenvalue weighted by molar-refractivity contribution is 5.92. The lowest BCUT2D eigenvalue weighted by Gasteiger charge is -2.39. The molecule has 2 aromatic heterocycles. The van der Waals surface area contributed by atoms with Crippen LogP contribution in [-0.2, 0) is 19.1 Å². The topological polar surface area (TPSA) is 53.9 Å². The number of fused-ring (bicyclic) bond motifs is 2. The molecule has 1 N–H and O–H groups in total. The van der Waals surface area contributed by atoms with Crippen LogP contribution in [0.5, 0.6) is 0 Å². The van der Waals surface area contributed by atoms with Crippen molar-refractivity contribution in [3.05, 3.63) is 95.6 Å². The number of rotatable bonds is 7. The fourth-order valence-electron chi connectivity index (χ4n) is 5.97. The van der Waals surface area contributed by atoms with Crippen molar-refractivity contribution in [3.63, 3.8) is 0 Å². The Kier molecular flexibility index (Phi) is 7.41. The molecule has 2 aliphatic rings. The van der Waals surface area contributed by atoms with Crippen molar-refractivity contribution < 1.29 is 13.2 Å². The summed E-state index contributed by atoms with van der Waals surface area (Å²) in [5.74, 6) is 1.96. The summed E-state index contributed by atoms with van der Waals surface area (Å²) in [7, 11) is 0. The smallest absolute Gasteiger partial charge is 0.369 e. The standard InChI is InChI=1S/C32H32F3N5/c33-32(34,35)26-12-6-17-36-30(26)24-14-15-25-27(20-24)38-29(21-40-19-7-11-23-10-4-5-13-28(23)40)39-31(25)37-18-16-22-8-2-1-3-9-22/h1-3,6,8-9,12-15,17,20,23H,4-5,7,10-11,16,18-19,21H2,(H,37,38,39). The second-order valence-electron chi connectivity index (χ2n) is 10.6. The Hall–Kier alpha value is -3.94. The first-order valence-corrected chi connectivity index (χ1v) is 14.0. The van der Waals surface area contributed by atoms with E-state index in [4.69, 9.17) is 9.97 Å². The lowest BCUT2D eigenvalue weighted by Crippen LogP contribution is -2.34. The van der Waals surface area contributed by atoms with Gasteiger partial charge in [0, 0.05) is 35.9 Å². The minimum absolute atomic E-state index is 0.0955. The van der Waals surface area contributed by atoms with E-state index in [1.165, 1.54) is 42.8 Å². The lowest BCUT2D eigenvalue weighted by atomic mass is 9.85. The molecule has 1 saturated heterocycles. The summed E-state index contributed by atoms with van der Waals surface area (Å²) < 4.78 is 41.3. The molecule has 0 spiro atoms. The van der Waals surface area contributed by atoms with Crippen LogP contribution in [0.15, 0.2) is 78.6 Å². The van der Waals surface area contributed by atoms with E-state index < -0.39 is 11.7 Å². The van der Waals surface area contributed by atoms with Crippen molar-refractivity contribution in [2.24, 2.45) is 5.92 Å². The molecule has 0 saturated carbocycles. The predicted molar refractivity (Wildman–Crippen MR) is 151 cm³/mol. The van der Waals surface area contributed by atoms with E-state index in [0.29, 0.717) is 41.7 Å². The second kappa shape index (κ2) is 11.3. The van der Waals surface area contributed by atoms with Crippen molar-refractivity contribution in [1.29, 1.82) is 0 Å². The summed E-state index contributed by atoms with van der Waals surface area (Å²) in [6, 6.07) is 17.8. The SMILES string of the molecule is FC(F)(F)c1cccnc1-c1ccc2c(NCCc3ccccc3)nc(CN3CCCC4CCCC=C43)nc2c1. The van der Waals surface area contributed by atoms with Crippen LogP contribution in [0.1, 0.15) is 49.1 Å². The number of allylic oxidation sites excluding steroid dienone is 2. The van der Waals surface area contributed by atoms with Crippen molar-refractivity contribution in [1.82, 2.24) is 19.9 Å². The lowest BCUT2D eigenvalue weighted by molar-refractivity contribution is -0.137. The molecule has 5 nitrogen and oxygen atoms in total. The molecular formula is C32H32F3N5. The molecule has 1 aliphatic heterocycles. The number of halogens is 3. The molecule has 8 heteroatoms. The summed E-state index contributed by atoms with van der Waals surface area (Å²) in [6.07, 6.45) is 6.00. The van der Waals surface area contributed by atoms with Crippen LogP contribution >= 0.6 is 0 Å². The van der Waals surface area contributed by atoms with Crippen LogP contribution in [-0.4, -0.2) is 32.9 Å². The van der Waals surface area contributed by atoms with E-state index in [0.717, 1.165) is 37.3 Å². The van der Waals surface area contributed by atoms with Crippen molar-refractivity contribution in [2.45, 2.75) is 51.2 Å². The van der Waals surface area contributed by atoms with E-state index in [1.54, 1.807) is 18.2 Å². The molecule has 1 aliphatic carbocycles. The molecule has 40 heavy (non-hydrogen) atoms. The first-order valence-electron chi connectivity index (χ1n) is 14.0. The monoisotopic (exact) mass is 543 g/mol. The zero-order valence-electron chi connectivity index (χ0n) is 22.3. The molecule has 0 radical (unpaired) electrons. The third kappa shape index (κ3) is 5.67. The maximum absolute atomic E-state index is 13.8. The van der Waals surface area contributed by atoms with Gasteiger partial charge < -0.3 is 10.2 Å². The van der Waals surface area contributed by atoms with Crippen LogP contribution in [0.4, 0.5) is 19.0 Å². The first kappa shape index (κ1) is 26.3. The molecule has 0 amide bonds. The van der Waals surface area contributed by atoms with Gasteiger partial charge in [-0.05, 0) is 74.3 Å². The van der Waals surface area contributed by atoms with Crippen molar-refractivity contribution >= 4 is 16.7 Å². The van der Waals surface area contributed by atoms with E-state index in [1.807, 2.05) is 18.2 Å². The Bertz CT molecular complexity index is 1520. The molecule has 0 bridgehead atoms. The van der Waals surface area contributed by atoms with Crippen molar-refractivity contribution in [2.75, 3.05) is 18.4 Å². The van der Waals surface area contributed by atoms with Gasteiger partial charge in [0.1, 0.15) is 5.82 Å². The number of anilines is 1. The Morgan fingerprint density at radius 1 is 0.950 bits per heavy atom. The molecule has 1 fully saturated rings. The predicted octanol–water partition coefficient (Wildman–Crippen LogP) is 7.65. The number of nitrogens with zero attached hydrogens (tertiary/aromatic N) is 4. The zero-order valence-corrected chi connectivity index (χ0v) is 22.3. The molecule has 3 heterocycles. The number of benzene rings is 2. The van der Waals surface area contributed by atoms with Gasteiger partial charge in [0.25, 0.3) is 0 Å². The number of aromatic nitrogens is 3. The van der Waals surface area contributed by atoms with E-state index >= 15 is 0 Å². The van der Waals surface area contributed by atoms with Crippen LogP contribution in [0.25, 0.3) is 22.2 Å². The minimum atomic E-state index is -4.50. The maximum atomic E-state index is 13.8. The third-order valence-corrected chi connectivity index (χ3v) is 7.89. The second-order valence-corrected chi connectivity index (χ2v) is 10.6. The van der Waals surface area contributed by atoms with Crippen LogP contribution in [0.2, 0.25) is 0 Å². The summed E-state index contributed by atoms with van der Waals surface area (Å²) in [4.78, 5) is 16.3. The van der Waals surface area contributed by atoms with E-state index in [9.17, 15) is 13.2 Å². The first-order chi connectivity index (χ1) is 19.5. The average Bonchev–Trinajstić information content (AvgIpc) is 2.97. The quantitative estimate of drug-likeness (QED) is 0.260. The number of nitrogens with one attached hydrogen (secondary N) is 1. The van der Waals surface area contributed by atoms with E-state index in [-0.39, 0.29) is 5.69 Å². The number of pyridine rings is 1. The van der Waals surface area contributed by atoms with Gasteiger partial charge in [0.2, 0.25) is 0 Å². The summed E-state index contributed by atoms with van der Waals surface area (Å²) in [5.41, 5.74) is 2.75. The van der Waals surface area contributed by atoms with Gasteiger partial charge in [0.05, 0.1) is 23.3 Å². The molecule has 1 atom stereocenters. The van der Waals surface area contributed by atoms with Crippen molar-refractivity contribution in [3.8, 4) is 11.3 Å². The summed E-state index contributed by atoms with van der Waals surface area (Å²) >= 11 is 0.